The lowest BCUT2D eigenvalue weighted by atomic mass is 9.94. The van der Waals surface area contributed by atoms with Crippen molar-refractivity contribution in [2.75, 3.05) is 24.2 Å². The lowest BCUT2D eigenvalue weighted by molar-refractivity contribution is -0.114. The molecule has 0 heterocycles. The molecule has 3 rings (SSSR count). The minimum Gasteiger partial charge on any atom is -0.376 e. The number of carbonyl (C=O) groups excluding carboxylic acids is 2. The molecule has 1 aliphatic rings. The van der Waals surface area contributed by atoms with Gasteiger partial charge < -0.3 is 10.6 Å². The van der Waals surface area contributed by atoms with Gasteiger partial charge in [0.15, 0.2) is 5.78 Å². The van der Waals surface area contributed by atoms with Crippen molar-refractivity contribution in [3.63, 3.8) is 0 Å². The molecule has 2 aromatic rings. The molecular formula is C24H31N3O2. The molecule has 1 fully saturated rings. The maximum Gasteiger partial charge on any atom is 0.243 e. The van der Waals surface area contributed by atoms with E-state index in [1.165, 1.54) is 44.6 Å². The Morgan fingerprint density at radius 3 is 2.34 bits per heavy atom. The van der Waals surface area contributed by atoms with E-state index in [1.807, 2.05) is 24.3 Å². The van der Waals surface area contributed by atoms with Crippen LogP contribution in [0.3, 0.4) is 0 Å². The number of para-hydroxylation sites is 2. The van der Waals surface area contributed by atoms with Crippen molar-refractivity contribution in [2.45, 2.75) is 51.6 Å². The number of rotatable bonds is 8. The molecule has 0 bridgehead atoms. The predicted molar refractivity (Wildman–Crippen MR) is 118 cm³/mol. The number of nitrogens with zero attached hydrogens (tertiary/aromatic N) is 1. The van der Waals surface area contributed by atoms with Crippen molar-refractivity contribution in [1.29, 1.82) is 0 Å². The van der Waals surface area contributed by atoms with Crippen LogP contribution in [0.15, 0.2) is 48.5 Å². The second-order valence-electron chi connectivity index (χ2n) is 7.87. The SMILES string of the molecule is CC(=O)c1ccccc1NC(=O)CNc1ccccc1CN(C)C1CCCCC1. The van der Waals surface area contributed by atoms with E-state index in [2.05, 4.69) is 28.6 Å². The van der Waals surface area contributed by atoms with Crippen molar-refractivity contribution in [3.05, 3.63) is 59.7 Å². The maximum atomic E-state index is 12.4. The van der Waals surface area contributed by atoms with Gasteiger partial charge in [0.1, 0.15) is 0 Å². The molecule has 0 aliphatic heterocycles. The Bertz CT molecular complexity index is 844. The van der Waals surface area contributed by atoms with Gasteiger partial charge in [0, 0.05) is 23.8 Å². The first-order valence-corrected chi connectivity index (χ1v) is 10.5. The van der Waals surface area contributed by atoms with Crippen LogP contribution in [0.4, 0.5) is 11.4 Å². The fourth-order valence-electron chi connectivity index (χ4n) is 4.02. The first-order valence-electron chi connectivity index (χ1n) is 10.5. The first-order chi connectivity index (χ1) is 14.0. The molecular weight excluding hydrogens is 362 g/mol. The summed E-state index contributed by atoms with van der Waals surface area (Å²) in [5.74, 6) is -0.237. The first kappa shape index (κ1) is 21.1. The number of Topliss-reactive ketones (excluding diaryl/α,β-unsaturated/α-hetero) is 1. The highest BCUT2D eigenvalue weighted by Gasteiger charge is 2.19. The van der Waals surface area contributed by atoms with Gasteiger partial charge in [-0.05, 0) is 50.6 Å². The molecule has 2 N–H and O–H groups in total. The predicted octanol–water partition coefficient (Wildman–Crippen LogP) is 4.70. The molecule has 5 nitrogen and oxygen atoms in total. The number of hydrogen-bond donors (Lipinski definition) is 2. The van der Waals surface area contributed by atoms with Crippen LogP contribution in [0.5, 0.6) is 0 Å². The molecule has 29 heavy (non-hydrogen) atoms. The number of ketones is 1. The Morgan fingerprint density at radius 1 is 0.966 bits per heavy atom. The molecule has 1 amide bonds. The minimum atomic E-state index is -0.172. The summed E-state index contributed by atoms with van der Waals surface area (Å²) in [6.45, 7) is 2.52. The van der Waals surface area contributed by atoms with Gasteiger partial charge in [0.05, 0.1) is 12.2 Å². The summed E-state index contributed by atoms with van der Waals surface area (Å²) in [6, 6.07) is 15.9. The number of nitrogens with one attached hydrogen (secondary N) is 2. The van der Waals surface area contributed by atoms with Crippen molar-refractivity contribution >= 4 is 23.1 Å². The third-order valence-electron chi connectivity index (χ3n) is 5.65. The normalized spacial score (nSPS) is 14.6. The van der Waals surface area contributed by atoms with E-state index < -0.39 is 0 Å². The third-order valence-corrected chi connectivity index (χ3v) is 5.65. The molecule has 0 aromatic heterocycles. The van der Waals surface area contributed by atoms with Gasteiger partial charge in [-0.3, -0.25) is 14.5 Å². The molecule has 154 valence electrons. The van der Waals surface area contributed by atoms with Crippen LogP contribution >= 0.6 is 0 Å². The van der Waals surface area contributed by atoms with E-state index in [9.17, 15) is 9.59 Å². The maximum absolute atomic E-state index is 12.4. The quantitative estimate of drug-likeness (QED) is 0.638. The lowest BCUT2D eigenvalue weighted by Crippen LogP contribution is -2.33. The van der Waals surface area contributed by atoms with E-state index in [0.717, 1.165) is 12.2 Å². The van der Waals surface area contributed by atoms with Crippen LogP contribution < -0.4 is 10.6 Å². The average Bonchev–Trinajstić information content (AvgIpc) is 2.74. The number of hydrogen-bond acceptors (Lipinski definition) is 4. The molecule has 0 unspecified atom stereocenters. The average molecular weight is 394 g/mol. The number of benzene rings is 2. The van der Waals surface area contributed by atoms with Crippen LogP contribution in [0.25, 0.3) is 0 Å². The highest BCUT2D eigenvalue weighted by molar-refractivity contribution is 6.04. The Labute approximate surface area is 173 Å². The second-order valence-corrected chi connectivity index (χ2v) is 7.87. The minimum absolute atomic E-state index is 0.0649. The number of amides is 1. The summed E-state index contributed by atoms with van der Waals surface area (Å²) in [5.41, 5.74) is 3.25. The molecule has 2 aromatic carbocycles. The molecule has 0 spiro atoms. The fraction of sp³-hybridized carbons (Fsp3) is 0.417. The van der Waals surface area contributed by atoms with Gasteiger partial charge in [-0.15, -0.1) is 0 Å². The topological polar surface area (TPSA) is 61.4 Å². The Hall–Kier alpha value is -2.66. The number of anilines is 2. The molecule has 1 saturated carbocycles. The third kappa shape index (κ3) is 5.91. The highest BCUT2D eigenvalue weighted by atomic mass is 16.2. The highest BCUT2D eigenvalue weighted by Crippen LogP contribution is 2.25. The summed E-state index contributed by atoms with van der Waals surface area (Å²) >= 11 is 0. The molecule has 0 saturated heterocycles. The van der Waals surface area contributed by atoms with Crippen LogP contribution in [0, 0.1) is 0 Å². The summed E-state index contributed by atoms with van der Waals surface area (Å²) in [6.07, 6.45) is 6.52. The lowest BCUT2D eigenvalue weighted by Gasteiger charge is -2.31. The van der Waals surface area contributed by atoms with Crippen molar-refractivity contribution in [3.8, 4) is 0 Å². The van der Waals surface area contributed by atoms with E-state index in [0.29, 0.717) is 17.3 Å². The number of carbonyl (C=O) groups is 2. The summed E-state index contributed by atoms with van der Waals surface area (Å²) in [5, 5.41) is 6.11. The van der Waals surface area contributed by atoms with Gasteiger partial charge in [-0.25, -0.2) is 0 Å². The zero-order chi connectivity index (χ0) is 20.6. The second kappa shape index (κ2) is 10.2. The van der Waals surface area contributed by atoms with Crippen molar-refractivity contribution < 1.29 is 9.59 Å². The van der Waals surface area contributed by atoms with Gasteiger partial charge in [-0.1, -0.05) is 49.6 Å². The van der Waals surface area contributed by atoms with E-state index >= 15 is 0 Å². The largest absolute Gasteiger partial charge is 0.376 e. The fourth-order valence-corrected chi connectivity index (χ4v) is 4.02. The zero-order valence-corrected chi connectivity index (χ0v) is 17.4. The van der Waals surface area contributed by atoms with Crippen LogP contribution in [-0.4, -0.2) is 36.2 Å². The monoisotopic (exact) mass is 393 g/mol. The summed E-state index contributed by atoms with van der Waals surface area (Å²) in [7, 11) is 2.19. The van der Waals surface area contributed by atoms with E-state index in [-0.39, 0.29) is 18.2 Å². The van der Waals surface area contributed by atoms with Crippen LogP contribution in [0.2, 0.25) is 0 Å². The van der Waals surface area contributed by atoms with Crippen LogP contribution in [0.1, 0.15) is 54.9 Å². The van der Waals surface area contributed by atoms with Gasteiger partial charge >= 0.3 is 0 Å². The Balaban J connectivity index is 1.59. The van der Waals surface area contributed by atoms with Crippen LogP contribution in [-0.2, 0) is 11.3 Å². The van der Waals surface area contributed by atoms with Crippen molar-refractivity contribution in [2.24, 2.45) is 0 Å². The van der Waals surface area contributed by atoms with E-state index in [1.54, 1.807) is 18.2 Å². The van der Waals surface area contributed by atoms with Gasteiger partial charge in [0.2, 0.25) is 5.91 Å². The van der Waals surface area contributed by atoms with Gasteiger partial charge in [-0.2, -0.15) is 0 Å². The van der Waals surface area contributed by atoms with Gasteiger partial charge in [0.25, 0.3) is 0 Å². The molecule has 5 heteroatoms. The molecule has 1 aliphatic carbocycles. The Kier molecular flexibility index (Phi) is 7.42. The molecule has 0 atom stereocenters. The smallest absolute Gasteiger partial charge is 0.243 e. The standard InChI is InChI=1S/C24H31N3O2/c1-18(28)21-13-7-9-15-23(21)26-24(29)16-25-22-14-8-6-10-19(22)17-27(2)20-11-4-3-5-12-20/h6-10,13-15,20,25H,3-5,11-12,16-17H2,1-2H3,(H,26,29). The zero-order valence-electron chi connectivity index (χ0n) is 17.4. The van der Waals surface area contributed by atoms with E-state index in [4.69, 9.17) is 0 Å². The Morgan fingerprint density at radius 2 is 1.62 bits per heavy atom. The van der Waals surface area contributed by atoms with Crippen molar-refractivity contribution in [1.82, 2.24) is 4.90 Å². The molecule has 0 radical (unpaired) electrons. The summed E-state index contributed by atoms with van der Waals surface area (Å²) in [4.78, 5) is 26.6. The summed E-state index contributed by atoms with van der Waals surface area (Å²) < 4.78 is 0.